The van der Waals surface area contributed by atoms with Crippen LogP contribution in [0.3, 0.4) is 0 Å². The van der Waals surface area contributed by atoms with Crippen LogP contribution in [0.4, 0.5) is 0 Å². The molecule has 0 unspecified atom stereocenters. The Labute approximate surface area is 100 Å². The number of halogens is 1. The molecule has 0 saturated carbocycles. The first-order valence-electron chi connectivity index (χ1n) is 5.05. The highest BCUT2D eigenvalue weighted by Gasteiger charge is 2.32. The van der Waals surface area contributed by atoms with Crippen LogP contribution >= 0.6 is 11.6 Å². The van der Waals surface area contributed by atoms with E-state index in [0.717, 1.165) is 5.56 Å². The molecule has 3 N–H and O–H groups in total. The molecule has 16 heavy (non-hydrogen) atoms. The number of benzene rings is 1. The molecule has 1 aromatic rings. The molecule has 0 aromatic heterocycles. The predicted molar refractivity (Wildman–Crippen MR) is 65.1 cm³/mol. The van der Waals surface area contributed by atoms with Gasteiger partial charge in [0.15, 0.2) is 0 Å². The van der Waals surface area contributed by atoms with Gasteiger partial charge in [-0.25, -0.2) is 0 Å². The lowest BCUT2D eigenvalue weighted by atomic mass is 9.79. The van der Waals surface area contributed by atoms with E-state index in [2.05, 4.69) is 5.73 Å². The maximum absolute atomic E-state index is 9.55. The number of hydrogen-bond acceptors (Lipinski definition) is 4. The molecule has 0 bridgehead atoms. The second-order valence-electron chi connectivity index (χ2n) is 3.03. The van der Waals surface area contributed by atoms with E-state index in [0.29, 0.717) is 29.4 Å². The van der Waals surface area contributed by atoms with E-state index >= 15 is 0 Å². The predicted octanol–water partition coefficient (Wildman–Crippen LogP) is 0.531. The van der Waals surface area contributed by atoms with Crippen molar-refractivity contribution < 1.29 is 14.4 Å². The average molecular weight is 243 g/mol. The minimum atomic E-state index is -0.912. The van der Waals surface area contributed by atoms with E-state index in [-0.39, 0.29) is 0 Å². The first-order valence-corrected chi connectivity index (χ1v) is 5.43. The summed E-state index contributed by atoms with van der Waals surface area (Å²) in [7, 11) is 0.588. The van der Waals surface area contributed by atoms with E-state index in [9.17, 15) is 5.02 Å². The van der Waals surface area contributed by atoms with Crippen molar-refractivity contribution in [2.75, 3.05) is 13.7 Å². The van der Waals surface area contributed by atoms with Crippen LogP contribution in [0.2, 0.25) is 5.02 Å². The van der Waals surface area contributed by atoms with Crippen LogP contribution in [-0.2, 0) is 11.3 Å². The molecule has 4 nitrogen and oxygen atoms in total. The molecule has 0 fully saturated rings. The molecular weight excluding hydrogens is 228 g/mol. The summed E-state index contributed by atoms with van der Waals surface area (Å²) in [6.45, 7) is 2.79. The summed E-state index contributed by atoms with van der Waals surface area (Å²) in [4.78, 5) is 0. The third-order valence-corrected chi connectivity index (χ3v) is 2.55. The molecular formula is C10H15BClNO3. The highest BCUT2D eigenvalue weighted by molar-refractivity contribution is 6.63. The molecule has 1 aliphatic rings. The minimum Gasteiger partial charge on any atom is -0.494 e. The second kappa shape index (κ2) is 6.10. The van der Waals surface area contributed by atoms with Crippen molar-refractivity contribution in [1.29, 1.82) is 0 Å². The van der Waals surface area contributed by atoms with E-state index in [1.807, 2.05) is 6.92 Å². The van der Waals surface area contributed by atoms with Crippen molar-refractivity contribution in [3.05, 3.63) is 22.7 Å². The Hall–Kier alpha value is -0.745. The molecule has 1 aromatic carbocycles. The van der Waals surface area contributed by atoms with Gasteiger partial charge in [-0.2, -0.15) is 0 Å². The Morgan fingerprint density at radius 2 is 2.25 bits per heavy atom. The molecule has 1 aliphatic heterocycles. The molecule has 1 heterocycles. The van der Waals surface area contributed by atoms with Crippen molar-refractivity contribution in [2.24, 2.45) is 5.73 Å². The average Bonchev–Trinajstić information content (AvgIpc) is 2.69. The van der Waals surface area contributed by atoms with Crippen LogP contribution in [0.25, 0.3) is 0 Å². The third kappa shape index (κ3) is 2.49. The lowest BCUT2D eigenvalue weighted by Crippen LogP contribution is -2.30. The Bertz CT molecular complexity index is 362. The molecule has 0 saturated heterocycles. The van der Waals surface area contributed by atoms with Crippen molar-refractivity contribution in [3.63, 3.8) is 0 Å². The van der Waals surface area contributed by atoms with Gasteiger partial charge in [0.05, 0.1) is 13.2 Å². The van der Waals surface area contributed by atoms with Gasteiger partial charge >= 0.3 is 7.12 Å². The van der Waals surface area contributed by atoms with Crippen molar-refractivity contribution in [3.8, 4) is 5.75 Å². The van der Waals surface area contributed by atoms with Crippen molar-refractivity contribution >= 4 is 24.2 Å². The summed E-state index contributed by atoms with van der Waals surface area (Å²) < 4.78 is 10.5. The molecule has 88 valence electrons. The van der Waals surface area contributed by atoms with Gasteiger partial charge in [0.2, 0.25) is 0 Å². The monoisotopic (exact) mass is 243 g/mol. The second-order valence-corrected chi connectivity index (χ2v) is 3.44. The van der Waals surface area contributed by atoms with E-state index in [4.69, 9.17) is 21.0 Å². The van der Waals surface area contributed by atoms with Crippen LogP contribution in [0.1, 0.15) is 12.5 Å². The van der Waals surface area contributed by atoms with Gasteiger partial charge in [0.25, 0.3) is 0 Å². The SMILES string of the molecule is CCOc1ccc(Cl)c2c1B(O)OC2.CN. The van der Waals surface area contributed by atoms with Gasteiger partial charge in [-0.15, -0.1) is 0 Å². The number of hydrogen-bond donors (Lipinski definition) is 2. The fourth-order valence-electron chi connectivity index (χ4n) is 1.56. The molecule has 2 rings (SSSR count). The standard InChI is InChI=1S/C9H10BClO3.CH5N/c1-2-13-8-4-3-7(11)6-5-14-10(12)9(6)8;1-2/h3-4,12H,2,5H2,1H3;2H2,1H3. The normalized spacial score (nSPS) is 12.9. The fraction of sp³-hybridized carbons (Fsp3) is 0.400. The summed E-state index contributed by atoms with van der Waals surface area (Å²) in [5, 5.41) is 10.2. The Morgan fingerprint density at radius 3 is 2.88 bits per heavy atom. The van der Waals surface area contributed by atoms with E-state index < -0.39 is 7.12 Å². The summed E-state index contributed by atoms with van der Waals surface area (Å²) in [5.74, 6) is 0.650. The number of nitrogens with two attached hydrogens (primary N) is 1. The first-order chi connectivity index (χ1) is 7.74. The zero-order chi connectivity index (χ0) is 12.1. The Morgan fingerprint density at radius 1 is 1.56 bits per heavy atom. The maximum atomic E-state index is 9.55. The summed E-state index contributed by atoms with van der Waals surface area (Å²) >= 11 is 5.96. The number of fused-ring (bicyclic) bond motifs is 1. The number of rotatable bonds is 2. The van der Waals surface area contributed by atoms with Gasteiger partial charge < -0.3 is 20.1 Å². The molecule has 0 atom stereocenters. The van der Waals surface area contributed by atoms with Crippen LogP contribution in [0.5, 0.6) is 5.75 Å². The van der Waals surface area contributed by atoms with Crippen LogP contribution < -0.4 is 15.9 Å². The van der Waals surface area contributed by atoms with Crippen LogP contribution in [0, 0.1) is 0 Å². The minimum absolute atomic E-state index is 0.343. The first kappa shape index (κ1) is 13.3. The summed E-state index contributed by atoms with van der Waals surface area (Å²) in [5.41, 5.74) is 5.99. The lowest BCUT2D eigenvalue weighted by Gasteiger charge is -2.09. The quantitative estimate of drug-likeness (QED) is 0.744. The van der Waals surface area contributed by atoms with Gasteiger partial charge in [-0.1, -0.05) is 11.6 Å². The zero-order valence-corrected chi connectivity index (χ0v) is 10.1. The summed E-state index contributed by atoms with van der Waals surface area (Å²) in [6.07, 6.45) is 0. The van der Waals surface area contributed by atoms with Gasteiger partial charge in [-0.3, -0.25) is 0 Å². The fourth-order valence-corrected chi connectivity index (χ4v) is 1.78. The van der Waals surface area contributed by atoms with Gasteiger partial charge in [0, 0.05) is 10.5 Å². The van der Waals surface area contributed by atoms with E-state index in [1.54, 1.807) is 12.1 Å². The topological polar surface area (TPSA) is 64.7 Å². The largest absolute Gasteiger partial charge is 0.495 e. The highest BCUT2D eigenvalue weighted by Crippen LogP contribution is 2.25. The lowest BCUT2D eigenvalue weighted by molar-refractivity contribution is 0.275. The highest BCUT2D eigenvalue weighted by atomic mass is 35.5. The van der Waals surface area contributed by atoms with Crippen molar-refractivity contribution in [2.45, 2.75) is 13.5 Å². The van der Waals surface area contributed by atoms with E-state index in [1.165, 1.54) is 7.05 Å². The van der Waals surface area contributed by atoms with Gasteiger partial charge in [-0.05, 0) is 31.7 Å². The molecule has 0 amide bonds. The maximum Gasteiger partial charge on any atom is 0.495 e. The number of ether oxygens (including phenoxy) is 1. The van der Waals surface area contributed by atoms with Crippen LogP contribution in [-0.4, -0.2) is 25.8 Å². The third-order valence-electron chi connectivity index (χ3n) is 2.19. The van der Waals surface area contributed by atoms with Crippen molar-refractivity contribution in [1.82, 2.24) is 0 Å². The molecule has 6 heteroatoms. The molecule has 0 spiro atoms. The smallest absolute Gasteiger partial charge is 0.494 e. The molecule has 0 aliphatic carbocycles. The zero-order valence-electron chi connectivity index (χ0n) is 9.37. The molecule has 0 radical (unpaired) electrons. The Balaban J connectivity index is 0.000000606. The Kier molecular flexibility index (Phi) is 5.08. The summed E-state index contributed by atoms with van der Waals surface area (Å²) in [6, 6.07) is 3.51. The van der Waals surface area contributed by atoms with Gasteiger partial charge in [0.1, 0.15) is 5.75 Å². The van der Waals surface area contributed by atoms with Crippen LogP contribution in [0.15, 0.2) is 12.1 Å².